The van der Waals surface area contributed by atoms with E-state index in [0.717, 1.165) is 37.3 Å². The van der Waals surface area contributed by atoms with Gasteiger partial charge in [-0.15, -0.1) is 0 Å². The fourth-order valence-corrected chi connectivity index (χ4v) is 3.78. The highest BCUT2D eigenvalue weighted by Gasteiger charge is 2.22. The van der Waals surface area contributed by atoms with E-state index < -0.39 is 0 Å². The van der Waals surface area contributed by atoms with Crippen LogP contribution in [0.4, 0.5) is 0 Å². The third-order valence-corrected chi connectivity index (χ3v) is 5.19. The summed E-state index contributed by atoms with van der Waals surface area (Å²) in [5, 5.41) is 10.5. The van der Waals surface area contributed by atoms with Crippen LogP contribution >= 0.6 is 0 Å². The summed E-state index contributed by atoms with van der Waals surface area (Å²) in [4.78, 5) is 2.46. The van der Waals surface area contributed by atoms with E-state index >= 15 is 0 Å². The van der Waals surface area contributed by atoms with Crippen LogP contribution in [0.5, 0.6) is 5.75 Å². The average molecular weight is 303 g/mol. The minimum absolute atomic E-state index is 0.307. The van der Waals surface area contributed by atoms with Crippen LogP contribution in [0.2, 0.25) is 0 Å². The number of benzene rings is 1. The summed E-state index contributed by atoms with van der Waals surface area (Å²) in [5.74, 6) is 1.36. The quantitative estimate of drug-likeness (QED) is 0.868. The molecule has 3 nitrogen and oxygen atoms in total. The third-order valence-electron chi connectivity index (χ3n) is 5.19. The molecule has 122 valence electrons. The average Bonchev–Trinajstić information content (AvgIpc) is 3.09. The second kappa shape index (κ2) is 7.98. The highest BCUT2D eigenvalue weighted by molar-refractivity contribution is 5.28. The topological polar surface area (TPSA) is 32.7 Å². The minimum Gasteiger partial charge on any atom is -0.492 e. The molecule has 2 aliphatic rings. The van der Waals surface area contributed by atoms with Crippen molar-refractivity contribution in [2.24, 2.45) is 5.92 Å². The lowest BCUT2D eigenvalue weighted by Gasteiger charge is -2.26. The summed E-state index contributed by atoms with van der Waals surface area (Å²) >= 11 is 0. The van der Waals surface area contributed by atoms with Crippen molar-refractivity contribution in [3.05, 3.63) is 29.8 Å². The van der Waals surface area contributed by atoms with Gasteiger partial charge in [-0.1, -0.05) is 31.4 Å². The molecule has 2 fully saturated rings. The van der Waals surface area contributed by atoms with Gasteiger partial charge in [-0.25, -0.2) is 0 Å². The maximum absolute atomic E-state index is 10.5. The van der Waals surface area contributed by atoms with Crippen molar-refractivity contribution in [3.63, 3.8) is 0 Å². The van der Waals surface area contributed by atoms with Crippen LogP contribution in [0.3, 0.4) is 0 Å². The highest BCUT2D eigenvalue weighted by Crippen LogP contribution is 2.34. The predicted molar refractivity (Wildman–Crippen MR) is 89.1 cm³/mol. The van der Waals surface area contributed by atoms with Gasteiger partial charge in [0.15, 0.2) is 0 Å². The van der Waals surface area contributed by atoms with Gasteiger partial charge in [-0.05, 0) is 62.4 Å². The van der Waals surface area contributed by atoms with Gasteiger partial charge in [0.2, 0.25) is 0 Å². The van der Waals surface area contributed by atoms with Crippen LogP contribution < -0.4 is 4.74 Å². The normalized spacial score (nSPS) is 21.9. The molecule has 0 bridgehead atoms. The number of aliphatic hydroxyl groups is 1. The third kappa shape index (κ3) is 4.23. The zero-order chi connectivity index (χ0) is 15.2. The summed E-state index contributed by atoms with van der Waals surface area (Å²) in [5.41, 5.74) is 1.04. The SMILES string of the molecule is OC(c1ccc(OCCN2CCCC2)cc1)C1CCCCC1. The van der Waals surface area contributed by atoms with Gasteiger partial charge in [0.05, 0.1) is 6.10 Å². The smallest absolute Gasteiger partial charge is 0.119 e. The van der Waals surface area contributed by atoms with Gasteiger partial charge < -0.3 is 9.84 Å². The molecular formula is C19H29NO2. The Kier molecular flexibility index (Phi) is 5.74. The molecule has 3 rings (SSSR count). The number of aliphatic hydroxyl groups excluding tert-OH is 1. The Morgan fingerprint density at radius 3 is 2.36 bits per heavy atom. The number of hydrogen-bond donors (Lipinski definition) is 1. The maximum atomic E-state index is 10.5. The van der Waals surface area contributed by atoms with E-state index in [1.165, 1.54) is 45.2 Å². The summed E-state index contributed by atoms with van der Waals surface area (Å²) in [6, 6.07) is 8.08. The van der Waals surface area contributed by atoms with E-state index in [2.05, 4.69) is 4.90 Å². The molecule has 0 spiro atoms. The van der Waals surface area contributed by atoms with E-state index in [1.54, 1.807) is 0 Å². The van der Waals surface area contributed by atoms with Crippen LogP contribution in [0, 0.1) is 5.92 Å². The van der Waals surface area contributed by atoms with Crippen LogP contribution in [0.25, 0.3) is 0 Å². The van der Waals surface area contributed by atoms with E-state index in [9.17, 15) is 5.11 Å². The lowest BCUT2D eigenvalue weighted by Crippen LogP contribution is -2.25. The fourth-order valence-electron chi connectivity index (χ4n) is 3.78. The molecule has 0 aromatic heterocycles. The van der Waals surface area contributed by atoms with Gasteiger partial charge >= 0.3 is 0 Å². The first kappa shape index (κ1) is 15.8. The molecule has 1 aliphatic heterocycles. The molecule has 1 heterocycles. The Morgan fingerprint density at radius 2 is 1.68 bits per heavy atom. The molecule has 1 saturated heterocycles. The van der Waals surface area contributed by atoms with Gasteiger partial charge in [-0.3, -0.25) is 4.90 Å². The van der Waals surface area contributed by atoms with Gasteiger partial charge in [0, 0.05) is 6.54 Å². The van der Waals surface area contributed by atoms with Gasteiger partial charge in [0.1, 0.15) is 12.4 Å². The second-order valence-electron chi connectivity index (χ2n) is 6.81. The molecule has 0 amide bonds. The molecule has 1 atom stereocenters. The van der Waals surface area contributed by atoms with Crippen molar-refractivity contribution >= 4 is 0 Å². The highest BCUT2D eigenvalue weighted by atomic mass is 16.5. The van der Waals surface area contributed by atoms with E-state index in [-0.39, 0.29) is 6.10 Å². The Hall–Kier alpha value is -1.06. The van der Waals surface area contributed by atoms with Crippen LogP contribution in [0.1, 0.15) is 56.6 Å². The van der Waals surface area contributed by atoms with Crippen molar-refractivity contribution in [3.8, 4) is 5.75 Å². The predicted octanol–water partition coefficient (Wildman–Crippen LogP) is 3.77. The maximum Gasteiger partial charge on any atom is 0.119 e. The summed E-state index contributed by atoms with van der Waals surface area (Å²) in [7, 11) is 0. The zero-order valence-corrected chi connectivity index (χ0v) is 13.5. The number of likely N-dealkylation sites (tertiary alicyclic amines) is 1. The van der Waals surface area contributed by atoms with E-state index in [1.807, 2.05) is 24.3 Å². The molecule has 1 saturated carbocycles. The lowest BCUT2D eigenvalue weighted by molar-refractivity contribution is 0.0848. The first-order valence-corrected chi connectivity index (χ1v) is 8.96. The second-order valence-corrected chi connectivity index (χ2v) is 6.81. The molecule has 1 aromatic carbocycles. The molecule has 1 unspecified atom stereocenters. The largest absolute Gasteiger partial charge is 0.492 e. The molecule has 1 aromatic rings. The first-order chi connectivity index (χ1) is 10.8. The molecule has 3 heteroatoms. The summed E-state index contributed by atoms with van der Waals surface area (Å²) in [6.45, 7) is 4.21. The van der Waals surface area contributed by atoms with Crippen LogP contribution in [-0.4, -0.2) is 36.2 Å². The zero-order valence-electron chi connectivity index (χ0n) is 13.5. The van der Waals surface area contributed by atoms with Crippen molar-refractivity contribution < 1.29 is 9.84 Å². The van der Waals surface area contributed by atoms with E-state index in [0.29, 0.717) is 5.92 Å². The van der Waals surface area contributed by atoms with Gasteiger partial charge in [0.25, 0.3) is 0 Å². The standard InChI is InChI=1S/C19H29NO2/c21-19(16-6-2-1-3-7-16)17-8-10-18(11-9-17)22-15-14-20-12-4-5-13-20/h8-11,16,19,21H,1-7,12-15H2. The molecule has 0 radical (unpaired) electrons. The molecule has 1 aliphatic carbocycles. The number of nitrogens with zero attached hydrogens (tertiary/aromatic N) is 1. The number of ether oxygens (including phenoxy) is 1. The lowest BCUT2D eigenvalue weighted by atomic mass is 9.83. The Morgan fingerprint density at radius 1 is 1.00 bits per heavy atom. The van der Waals surface area contributed by atoms with Gasteiger partial charge in [-0.2, -0.15) is 0 Å². The molecule has 1 N–H and O–H groups in total. The number of rotatable bonds is 6. The summed E-state index contributed by atoms with van der Waals surface area (Å²) in [6.07, 6.45) is 8.52. The van der Waals surface area contributed by atoms with Crippen LogP contribution in [0.15, 0.2) is 24.3 Å². The molecule has 22 heavy (non-hydrogen) atoms. The monoisotopic (exact) mass is 303 g/mol. The summed E-state index contributed by atoms with van der Waals surface area (Å²) < 4.78 is 5.82. The molecular weight excluding hydrogens is 274 g/mol. The van der Waals surface area contributed by atoms with Crippen LogP contribution in [-0.2, 0) is 0 Å². The van der Waals surface area contributed by atoms with E-state index in [4.69, 9.17) is 4.74 Å². The first-order valence-electron chi connectivity index (χ1n) is 8.96. The fraction of sp³-hybridized carbons (Fsp3) is 0.684. The van der Waals surface area contributed by atoms with Crippen molar-refractivity contribution in [1.82, 2.24) is 4.90 Å². The van der Waals surface area contributed by atoms with Crippen molar-refractivity contribution in [2.45, 2.75) is 51.0 Å². The number of hydrogen-bond acceptors (Lipinski definition) is 3. The van der Waals surface area contributed by atoms with Crippen molar-refractivity contribution in [2.75, 3.05) is 26.2 Å². The Balaban J connectivity index is 1.46. The Bertz CT molecular complexity index is 433. The van der Waals surface area contributed by atoms with Crippen molar-refractivity contribution in [1.29, 1.82) is 0 Å². The minimum atomic E-state index is -0.307. The Labute approximate surface area is 134 Å².